The summed E-state index contributed by atoms with van der Waals surface area (Å²) in [4.78, 5) is 25.2. The van der Waals surface area contributed by atoms with Crippen LogP contribution >= 0.6 is 0 Å². The van der Waals surface area contributed by atoms with E-state index in [9.17, 15) is 9.59 Å². The minimum absolute atomic E-state index is 0.0371. The minimum Gasteiger partial charge on any atom is -0.353 e. The van der Waals surface area contributed by atoms with Gasteiger partial charge in [0.1, 0.15) is 0 Å². The maximum Gasteiger partial charge on any atom is 0.243 e. The lowest BCUT2D eigenvalue weighted by Gasteiger charge is -2.28. The molecule has 2 aliphatic carbocycles. The van der Waals surface area contributed by atoms with E-state index in [1.165, 1.54) is 12.8 Å². The number of nitrogens with one attached hydrogen (secondary N) is 2. The van der Waals surface area contributed by atoms with E-state index in [1.807, 2.05) is 60.7 Å². The molecule has 0 aliphatic heterocycles. The molecule has 31 heavy (non-hydrogen) atoms. The Hall–Kier alpha value is -2.95. The number of carbonyl (C=O) groups excluding carboxylic acids is 2. The molecule has 0 unspecified atom stereocenters. The van der Waals surface area contributed by atoms with Crippen LogP contribution in [0.3, 0.4) is 0 Å². The molecule has 2 N–H and O–H groups in total. The Labute approximate surface area is 184 Å². The summed E-state index contributed by atoms with van der Waals surface area (Å²) in [7, 11) is 0. The lowest BCUT2D eigenvalue weighted by molar-refractivity contribution is -0.126. The van der Waals surface area contributed by atoms with Crippen molar-refractivity contribution in [2.45, 2.75) is 57.4 Å². The van der Waals surface area contributed by atoms with Gasteiger partial charge >= 0.3 is 0 Å². The summed E-state index contributed by atoms with van der Waals surface area (Å²) < 4.78 is 0. The van der Waals surface area contributed by atoms with Crippen LogP contribution in [-0.2, 0) is 9.59 Å². The minimum atomic E-state index is -0.0591. The van der Waals surface area contributed by atoms with E-state index < -0.39 is 0 Å². The van der Waals surface area contributed by atoms with Crippen molar-refractivity contribution in [3.63, 3.8) is 0 Å². The number of benzene rings is 2. The Morgan fingerprint density at radius 2 is 1.19 bits per heavy atom. The molecule has 4 rings (SSSR count). The van der Waals surface area contributed by atoms with Gasteiger partial charge in [0.15, 0.2) is 0 Å². The average molecular weight is 418 g/mol. The maximum atomic E-state index is 12.8. The number of amides is 2. The average Bonchev–Trinajstić information content (AvgIpc) is 3.36. The number of hydrogen-bond acceptors (Lipinski definition) is 3. The first kappa shape index (κ1) is 21.3. The molecular formula is C26H31N3O2. The van der Waals surface area contributed by atoms with Crippen LogP contribution in [0.1, 0.15) is 62.5 Å². The van der Waals surface area contributed by atoms with Crippen LogP contribution in [0.4, 0.5) is 0 Å². The zero-order chi connectivity index (χ0) is 21.5. The molecule has 5 heteroatoms. The highest BCUT2D eigenvalue weighted by molar-refractivity contribution is 6.13. The van der Waals surface area contributed by atoms with Gasteiger partial charge in [0.2, 0.25) is 11.8 Å². The maximum absolute atomic E-state index is 12.8. The fourth-order valence-electron chi connectivity index (χ4n) is 4.70. The summed E-state index contributed by atoms with van der Waals surface area (Å²) in [5, 5.41) is 7.72. The van der Waals surface area contributed by atoms with Crippen molar-refractivity contribution >= 4 is 17.5 Å². The largest absolute Gasteiger partial charge is 0.353 e. The molecule has 2 aromatic carbocycles. The van der Waals surface area contributed by atoms with E-state index >= 15 is 0 Å². The number of hydrogen-bond donors (Lipinski definition) is 2. The van der Waals surface area contributed by atoms with Crippen LogP contribution in [0, 0.1) is 11.8 Å². The van der Waals surface area contributed by atoms with Crippen molar-refractivity contribution in [1.82, 2.24) is 10.7 Å². The molecule has 0 radical (unpaired) electrons. The van der Waals surface area contributed by atoms with E-state index in [1.54, 1.807) is 0 Å². The molecule has 0 saturated heterocycles. The molecule has 0 aromatic heterocycles. The van der Waals surface area contributed by atoms with Gasteiger partial charge in [-0.1, -0.05) is 73.5 Å². The highest BCUT2D eigenvalue weighted by Crippen LogP contribution is 2.28. The SMILES string of the molecule is O=C(NN=C(c1ccccc1)c1ccccc1)C1CCC(NC(=O)C2CCCC2)CC1. The third-order valence-electron chi connectivity index (χ3n) is 6.54. The quantitative estimate of drug-likeness (QED) is 0.539. The van der Waals surface area contributed by atoms with E-state index in [0.29, 0.717) is 0 Å². The lowest BCUT2D eigenvalue weighted by Crippen LogP contribution is -2.42. The van der Waals surface area contributed by atoms with Crippen molar-refractivity contribution in [3.05, 3.63) is 71.8 Å². The van der Waals surface area contributed by atoms with Gasteiger partial charge in [-0.15, -0.1) is 0 Å². The lowest BCUT2D eigenvalue weighted by atomic mass is 9.85. The molecule has 2 saturated carbocycles. The third kappa shape index (κ3) is 5.60. The summed E-state index contributed by atoms with van der Waals surface area (Å²) in [5.41, 5.74) is 5.50. The molecule has 0 heterocycles. The third-order valence-corrected chi connectivity index (χ3v) is 6.54. The highest BCUT2D eigenvalue weighted by atomic mass is 16.2. The van der Waals surface area contributed by atoms with Crippen LogP contribution in [-0.4, -0.2) is 23.6 Å². The monoisotopic (exact) mass is 417 g/mol. The van der Waals surface area contributed by atoms with Crippen LogP contribution in [0.15, 0.2) is 65.8 Å². The number of hydrazone groups is 1. The second-order valence-corrected chi connectivity index (χ2v) is 8.71. The van der Waals surface area contributed by atoms with Crippen molar-refractivity contribution < 1.29 is 9.59 Å². The molecule has 2 aromatic rings. The van der Waals surface area contributed by atoms with E-state index in [0.717, 1.165) is 55.4 Å². The Morgan fingerprint density at radius 3 is 1.74 bits per heavy atom. The van der Waals surface area contributed by atoms with Crippen LogP contribution < -0.4 is 10.7 Å². The smallest absolute Gasteiger partial charge is 0.243 e. The number of rotatable bonds is 6. The van der Waals surface area contributed by atoms with Crippen molar-refractivity contribution in [2.24, 2.45) is 16.9 Å². The van der Waals surface area contributed by atoms with Crippen molar-refractivity contribution in [1.29, 1.82) is 0 Å². The Bertz CT molecular complexity index is 855. The van der Waals surface area contributed by atoms with E-state index in [2.05, 4.69) is 15.8 Å². The molecule has 162 valence electrons. The first-order valence-electron chi connectivity index (χ1n) is 11.5. The van der Waals surface area contributed by atoms with Crippen LogP contribution in [0.2, 0.25) is 0 Å². The zero-order valence-electron chi connectivity index (χ0n) is 17.9. The molecular weight excluding hydrogens is 386 g/mol. The van der Waals surface area contributed by atoms with Gasteiger partial charge in [-0.25, -0.2) is 5.43 Å². The predicted molar refractivity (Wildman–Crippen MR) is 123 cm³/mol. The summed E-state index contributed by atoms with van der Waals surface area (Å²) in [6, 6.07) is 20.0. The summed E-state index contributed by atoms with van der Waals surface area (Å²) >= 11 is 0. The Balaban J connectivity index is 1.34. The molecule has 2 fully saturated rings. The second-order valence-electron chi connectivity index (χ2n) is 8.71. The first-order chi connectivity index (χ1) is 15.2. The van der Waals surface area contributed by atoms with Crippen molar-refractivity contribution in [2.75, 3.05) is 0 Å². The topological polar surface area (TPSA) is 70.6 Å². The van der Waals surface area contributed by atoms with Crippen molar-refractivity contribution in [3.8, 4) is 0 Å². The van der Waals surface area contributed by atoms with Gasteiger partial charge in [0.25, 0.3) is 0 Å². The van der Waals surface area contributed by atoms with Gasteiger partial charge in [-0.05, 0) is 38.5 Å². The predicted octanol–water partition coefficient (Wildman–Crippen LogP) is 4.42. The molecule has 0 bridgehead atoms. The standard InChI is InChI=1S/C26H31N3O2/c30-25(21-13-7-8-14-21)27-23-17-15-22(16-18-23)26(31)29-28-24(19-9-3-1-4-10-19)20-11-5-2-6-12-20/h1-6,9-12,21-23H,7-8,13-18H2,(H,27,30)(H,29,31). The Kier molecular flexibility index (Phi) is 7.13. The van der Waals surface area contributed by atoms with Crippen LogP contribution in [0.25, 0.3) is 0 Å². The zero-order valence-corrected chi connectivity index (χ0v) is 17.9. The fourth-order valence-corrected chi connectivity index (χ4v) is 4.70. The molecule has 2 aliphatic rings. The molecule has 0 spiro atoms. The van der Waals surface area contributed by atoms with Gasteiger partial charge in [-0.2, -0.15) is 5.10 Å². The van der Waals surface area contributed by atoms with Gasteiger partial charge in [-0.3, -0.25) is 9.59 Å². The fraction of sp³-hybridized carbons (Fsp3) is 0.423. The Morgan fingerprint density at radius 1 is 0.677 bits per heavy atom. The highest BCUT2D eigenvalue weighted by Gasteiger charge is 2.29. The van der Waals surface area contributed by atoms with Gasteiger partial charge < -0.3 is 5.32 Å². The van der Waals surface area contributed by atoms with E-state index in [-0.39, 0.29) is 29.7 Å². The number of carbonyl (C=O) groups is 2. The summed E-state index contributed by atoms with van der Waals surface area (Å²) in [5.74, 6) is 0.316. The normalized spacial score (nSPS) is 21.3. The first-order valence-corrected chi connectivity index (χ1v) is 11.5. The number of nitrogens with zero attached hydrogens (tertiary/aromatic N) is 1. The summed E-state index contributed by atoms with van der Waals surface area (Å²) in [6.45, 7) is 0. The van der Waals surface area contributed by atoms with Gasteiger partial charge in [0.05, 0.1) is 5.71 Å². The summed E-state index contributed by atoms with van der Waals surface area (Å²) in [6.07, 6.45) is 7.64. The van der Waals surface area contributed by atoms with Crippen LogP contribution in [0.5, 0.6) is 0 Å². The van der Waals surface area contributed by atoms with Gasteiger partial charge in [0, 0.05) is 29.0 Å². The molecule has 0 atom stereocenters. The van der Waals surface area contributed by atoms with E-state index in [4.69, 9.17) is 0 Å². The second kappa shape index (κ2) is 10.4. The molecule has 2 amide bonds. The molecule has 5 nitrogen and oxygen atoms in total.